The van der Waals surface area contributed by atoms with Crippen LogP contribution in [0.2, 0.25) is 5.15 Å². The largest absolute Gasteiger partial charge is 0.490 e. The number of pyridine rings is 2. The fraction of sp³-hybridized carbons (Fsp3) is 0.208. The molecule has 0 aliphatic rings. The lowest BCUT2D eigenvalue weighted by molar-refractivity contribution is -0.137. The number of nitrogens with one attached hydrogen (secondary N) is 1. The maximum atomic E-state index is 12.7. The summed E-state index contributed by atoms with van der Waals surface area (Å²) in [6.45, 7) is 0.666. The predicted octanol–water partition coefficient (Wildman–Crippen LogP) is 5.81. The second kappa shape index (κ2) is 10.7. The third-order valence-corrected chi connectivity index (χ3v) is 5.12. The van der Waals surface area contributed by atoms with Crippen molar-refractivity contribution in [1.82, 2.24) is 19.9 Å². The molecule has 0 amide bonds. The fourth-order valence-electron chi connectivity index (χ4n) is 3.12. The smallest absolute Gasteiger partial charge is 0.417 e. The molecule has 0 radical (unpaired) electrons. The molecule has 1 N–H and O–H groups in total. The Morgan fingerprint density at radius 3 is 2.51 bits per heavy atom. The third-order valence-electron chi connectivity index (χ3n) is 4.89. The number of benzene rings is 1. The lowest BCUT2D eigenvalue weighted by Gasteiger charge is -2.13. The summed E-state index contributed by atoms with van der Waals surface area (Å²) in [5, 5.41) is 0.386. The van der Waals surface area contributed by atoms with E-state index in [9.17, 15) is 13.2 Å². The zero-order valence-corrected chi connectivity index (χ0v) is 19.2. The zero-order chi connectivity index (χ0) is 24.8. The highest BCUT2D eigenvalue weighted by Crippen LogP contribution is 2.34. The van der Waals surface area contributed by atoms with Gasteiger partial charge in [-0.15, -0.1) is 0 Å². The number of hydrogen-bond acceptors (Lipinski definition) is 6. The van der Waals surface area contributed by atoms with Gasteiger partial charge in [-0.05, 0) is 36.4 Å². The number of ether oxygens (including phenoxy) is 3. The Labute approximate surface area is 203 Å². The van der Waals surface area contributed by atoms with E-state index in [-0.39, 0.29) is 6.61 Å². The first-order valence-electron chi connectivity index (χ1n) is 10.4. The van der Waals surface area contributed by atoms with Gasteiger partial charge in [-0.3, -0.25) is 4.98 Å². The van der Waals surface area contributed by atoms with Crippen molar-refractivity contribution in [2.24, 2.45) is 0 Å². The topological polar surface area (TPSA) is 82.1 Å². The van der Waals surface area contributed by atoms with Gasteiger partial charge in [0.05, 0.1) is 23.6 Å². The van der Waals surface area contributed by atoms with Gasteiger partial charge < -0.3 is 19.2 Å². The van der Waals surface area contributed by atoms with Gasteiger partial charge >= 0.3 is 6.18 Å². The van der Waals surface area contributed by atoms with Crippen LogP contribution in [0.4, 0.5) is 13.2 Å². The van der Waals surface area contributed by atoms with Crippen molar-refractivity contribution in [3.8, 4) is 34.1 Å². The Hall–Kier alpha value is -3.63. The number of imidazole rings is 1. The number of hydrogen-bond donors (Lipinski definition) is 1. The molecule has 0 spiro atoms. The van der Waals surface area contributed by atoms with E-state index in [4.69, 9.17) is 25.8 Å². The number of nitrogens with zero attached hydrogens (tertiary/aromatic N) is 3. The number of alkyl halides is 3. The predicted molar refractivity (Wildman–Crippen MR) is 123 cm³/mol. The van der Waals surface area contributed by atoms with Crippen LogP contribution in [0.15, 0.2) is 61.1 Å². The summed E-state index contributed by atoms with van der Waals surface area (Å²) >= 11 is 5.86. The monoisotopic (exact) mass is 504 g/mol. The Kier molecular flexibility index (Phi) is 7.52. The van der Waals surface area contributed by atoms with Crippen LogP contribution in [-0.4, -0.2) is 40.3 Å². The molecule has 3 heterocycles. The van der Waals surface area contributed by atoms with Gasteiger partial charge in [0, 0.05) is 42.9 Å². The first-order valence-corrected chi connectivity index (χ1v) is 10.8. The Morgan fingerprint density at radius 2 is 1.83 bits per heavy atom. The molecule has 0 aliphatic carbocycles. The van der Waals surface area contributed by atoms with Gasteiger partial charge in [0.15, 0.2) is 0 Å². The lowest BCUT2D eigenvalue weighted by Crippen LogP contribution is -2.07. The highest BCUT2D eigenvalue weighted by Gasteiger charge is 2.30. The molecule has 0 fully saturated rings. The molecular formula is C24H20ClF3N4O3. The summed E-state index contributed by atoms with van der Waals surface area (Å²) in [5.74, 6) is 1.58. The van der Waals surface area contributed by atoms with Crippen LogP contribution in [0.1, 0.15) is 11.3 Å². The quantitative estimate of drug-likeness (QED) is 0.229. The normalized spacial score (nSPS) is 11.5. The minimum absolute atomic E-state index is 0.00881. The van der Waals surface area contributed by atoms with Gasteiger partial charge in [-0.25, -0.2) is 9.97 Å². The molecule has 0 saturated carbocycles. The van der Waals surface area contributed by atoms with Crippen molar-refractivity contribution in [3.05, 3.63) is 77.5 Å². The standard InChI is InChI=1S/C24H20ClF3N4O3/c1-33-8-9-34-21-10-18(35-14-17-4-3-16(12-29-17)24(26,27)28)5-6-19(21)20-13-31-23(32-20)15-2-7-22(25)30-11-15/h2-7,10-13H,8-9,14H2,1H3,(H,31,32). The number of methoxy groups -OCH3 is 1. The van der Waals surface area contributed by atoms with E-state index in [1.165, 1.54) is 6.07 Å². The summed E-state index contributed by atoms with van der Waals surface area (Å²) in [5.41, 5.74) is 1.67. The maximum absolute atomic E-state index is 12.7. The highest BCUT2D eigenvalue weighted by atomic mass is 35.5. The van der Waals surface area contributed by atoms with Gasteiger partial charge in [0.25, 0.3) is 0 Å². The molecule has 7 nitrogen and oxygen atoms in total. The summed E-state index contributed by atoms with van der Waals surface area (Å²) in [6.07, 6.45) is -0.290. The molecule has 4 rings (SSSR count). The maximum Gasteiger partial charge on any atom is 0.417 e. The SMILES string of the molecule is COCCOc1cc(OCc2ccc(C(F)(F)F)cn2)ccc1-c1c[nH]c(-c2ccc(Cl)nc2)n1. The van der Waals surface area contributed by atoms with Crippen molar-refractivity contribution < 1.29 is 27.4 Å². The van der Waals surface area contributed by atoms with Crippen LogP contribution in [0.5, 0.6) is 11.5 Å². The minimum Gasteiger partial charge on any atom is -0.490 e. The molecule has 0 atom stereocenters. The van der Waals surface area contributed by atoms with Gasteiger partial charge in [0.1, 0.15) is 35.7 Å². The summed E-state index contributed by atoms with van der Waals surface area (Å²) < 4.78 is 54.9. The lowest BCUT2D eigenvalue weighted by atomic mass is 10.1. The molecule has 4 aromatic rings. The minimum atomic E-state index is -4.44. The Morgan fingerprint density at radius 1 is 0.971 bits per heavy atom. The summed E-state index contributed by atoms with van der Waals surface area (Å²) in [4.78, 5) is 15.6. The van der Waals surface area contributed by atoms with E-state index < -0.39 is 11.7 Å². The molecule has 0 saturated heterocycles. The van der Waals surface area contributed by atoms with Gasteiger partial charge in [-0.1, -0.05) is 11.6 Å². The number of H-pyrrole nitrogens is 1. The molecule has 3 aromatic heterocycles. The first kappa shape index (κ1) is 24.5. The second-order valence-electron chi connectivity index (χ2n) is 7.33. The average molecular weight is 505 g/mol. The van der Waals surface area contributed by atoms with Crippen LogP contribution in [-0.2, 0) is 17.5 Å². The Balaban J connectivity index is 1.53. The van der Waals surface area contributed by atoms with Crippen LogP contribution in [0.3, 0.4) is 0 Å². The number of aromatic nitrogens is 4. The van der Waals surface area contributed by atoms with Crippen molar-refractivity contribution >= 4 is 11.6 Å². The van der Waals surface area contributed by atoms with E-state index in [0.29, 0.717) is 52.6 Å². The molecule has 11 heteroatoms. The number of halogens is 4. The molecule has 0 unspecified atom stereocenters. The van der Waals surface area contributed by atoms with Crippen LogP contribution in [0, 0.1) is 0 Å². The van der Waals surface area contributed by atoms with Crippen molar-refractivity contribution in [1.29, 1.82) is 0 Å². The molecule has 35 heavy (non-hydrogen) atoms. The van der Waals surface area contributed by atoms with Gasteiger partial charge in [-0.2, -0.15) is 13.2 Å². The van der Waals surface area contributed by atoms with E-state index in [1.54, 1.807) is 49.8 Å². The molecule has 1 aromatic carbocycles. The molecule has 182 valence electrons. The zero-order valence-electron chi connectivity index (χ0n) is 18.5. The number of rotatable bonds is 9. The second-order valence-corrected chi connectivity index (χ2v) is 7.72. The molecular weight excluding hydrogens is 485 g/mol. The van der Waals surface area contributed by atoms with Crippen LogP contribution in [0.25, 0.3) is 22.6 Å². The highest BCUT2D eigenvalue weighted by molar-refractivity contribution is 6.29. The van der Waals surface area contributed by atoms with E-state index in [1.807, 2.05) is 0 Å². The first-order chi connectivity index (χ1) is 16.8. The number of aromatic amines is 1. The van der Waals surface area contributed by atoms with Crippen molar-refractivity contribution in [3.63, 3.8) is 0 Å². The summed E-state index contributed by atoms with van der Waals surface area (Å²) in [7, 11) is 1.57. The molecule has 0 bridgehead atoms. The van der Waals surface area contributed by atoms with Crippen LogP contribution < -0.4 is 9.47 Å². The summed E-state index contributed by atoms with van der Waals surface area (Å²) in [6, 6.07) is 10.9. The van der Waals surface area contributed by atoms with Crippen LogP contribution >= 0.6 is 11.6 Å². The average Bonchev–Trinajstić information content (AvgIpc) is 3.33. The van der Waals surface area contributed by atoms with E-state index in [0.717, 1.165) is 17.8 Å². The van der Waals surface area contributed by atoms with Crippen molar-refractivity contribution in [2.45, 2.75) is 12.8 Å². The third kappa shape index (κ3) is 6.28. The van der Waals surface area contributed by atoms with E-state index in [2.05, 4.69) is 19.9 Å². The molecule has 0 aliphatic heterocycles. The fourth-order valence-corrected chi connectivity index (χ4v) is 3.23. The van der Waals surface area contributed by atoms with Gasteiger partial charge in [0.2, 0.25) is 0 Å². The Bertz CT molecular complexity index is 1260. The van der Waals surface area contributed by atoms with Crippen molar-refractivity contribution in [2.75, 3.05) is 20.3 Å². The van der Waals surface area contributed by atoms with E-state index >= 15 is 0 Å².